The van der Waals surface area contributed by atoms with Crippen molar-refractivity contribution >= 4 is 0 Å². The lowest BCUT2D eigenvalue weighted by atomic mass is 9.70. The average Bonchev–Trinajstić information content (AvgIpc) is 2.85. The molecule has 0 bridgehead atoms. The average molecular weight is 260 g/mol. The molecule has 2 heteroatoms. The summed E-state index contributed by atoms with van der Waals surface area (Å²) in [6.07, 6.45) is 5.79. The lowest BCUT2D eigenvalue weighted by Gasteiger charge is -2.34. The van der Waals surface area contributed by atoms with E-state index in [2.05, 4.69) is 34.6 Å². The molecule has 108 valence electrons. The molecule has 1 aliphatic carbocycles. The molecule has 0 N–H and O–H groups in total. The molecule has 3 atom stereocenters. The van der Waals surface area contributed by atoms with E-state index < -0.39 is 5.92 Å². The zero-order valence-corrected chi connectivity index (χ0v) is 12.7. The third-order valence-electron chi connectivity index (χ3n) is 5.17. The molecule has 0 saturated heterocycles. The molecular formula is C16H30F2. The maximum absolute atomic E-state index is 14.1. The van der Waals surface area contributed by atoms with E-state index in [1.165, 1.54) is 0 Å². The Morgan fingerprint density at radius 2 is 1.67 bits per heavy atom. The van der Waals surface area contributed by atoms with Crippen molar-refractivity contribution in [1.82, 2.24) is 0 Å². The first-order valence-electron chi connectivity index (χ1n) is 7.70. The van der Waals surface area contributed by atoms with Gasteiger partial charge >= 0.3 is 0 Å². The highest BCUT2D eigenvalue weighted by molar-refractivity contribution is 5.12. The van der Waals surface area contributed by atoms with Gasteiger partial charge in [0.25, 0.3) is 5.92 Å². The number of alkyl halides is 2. The Morgan fingerprint density at radius 3 is 2.11 bits per heavy atom. The summed E-state index contributed by atoms with van der Waals surface area (Å²) in [5.74, 6) is -2.78. The van der Waals surface area contributed by atoms with E-state index in [0.717, 1.165) is 32.1 Å². The van der Waals surface area contributed by atoms with Gasteiger partial charge < -0.3 is 0 Å². The van der Waals surface area contributed by atoms with Gasteiger partial charge in [-0.1, -0.05) is 60.3 Å². The van der Waals surface area contributed by atoms with Crippen molar-refractivity contribution in [2.75, 3.05) is 0 Å². The third-order valence-corrected chi connectivity index (χ3v) is 5.17. The summed E-state index contributed by atoms with van der Waals surface area (Å²) in [6.45, 7) is 10.5. The van der Waals surface area contributed by atoms with Crippen LogP contribution in [0.15, 0.2) is 0 Å². The van der Waals surface area contributed by atoms with Gasteiger partial charge in [-0.3, -0.25) is 0 Å². The molecule has 0 nitrogen and oxygen atoms in total. The normalized spacial score (nSPS) is 29.3. The second-order valence-electron chi connectivity index (χ2n) is 6.66. The topological polar surface area (TPSA) is 0 Å². The van der Waals surface area contributed by atoms with Gasteiger partial charge in [-0.2, -0.15) is 0 Å². The van der Waals surface area contributed by atoms with E-state index in [1.807, 2.05) is 0 Å². The van der Waals surface area contributed by atoms with E-state index in [1.54, 1.807) is 0 Å². The molecular weight excluding hydrogens is 230 g/mol. The summed E-state index contributed by atoms with van der Waals surface area (Å²) in [7, 11) is 0. The van der Waals surface area contributed by atoms with Crippen molar-refractivity contribution in [3.8, 4) is 0 Å². The second kappa shape index (κ2) is 5.88. The predicted molar refractivity (Wildman–Crippen MR) is 73.9 cm³/mol. The molecule has 0 radical (unpaired) electrons. The summed E-state index contributed by atoms with van der Waals surface area (Å²) in [5.41, 5.74) is -0.183. The minimum atomic E-state index is -2.40. The molecule has 1 saturated carbocycles. The monoisotopic (exact) mass is 260 g/mol. The summed E-state index contributed by atoms with van der Waals surface area (Å²) < 4.78 is 28.1. The Hall–Kier alpha value is -0.140. The highest BCUT2D eigenvalue weighted by atomic mass is 19.3. The summed E-state index contributed by atoms with van der Waals surface area (Å²) in [4.78, 5) is 0. The zero-order chi connectivity index (χ0) is 14.0. The zero-order valence-electron chi connectivity index (χ0n) is 12.7. The second-order valence-corrected chi connectivity index (χ2v) is 6.66. The van der Waals surface area contributed by atoms with Gasteiger partial charge in [-0.25, -0.2) is 8.78 Å². The highest BCUT2D eigenvalue weighted by Crippen LogP contribution is 2.67. The Labute approximate surface area is 112 Å². The summed E-state index contributed by atoms with van der Waals surface area (Å²) in [6, 6.07) is 0. The fraction of sp³-hybridized carbons (Fsp3) is 1.00. The molecule has 0 heterocycles. The first-order chi connectivity index (χ1) is 8.32. The van der Waals surface area contributed by atoms with E-state index in [9.17, 15) is 8.78 Å². The Bertz CT molecular complexity index is 260. The van der Waals surface area contributed by atoms with Crippen LogP contribution >= 0.6 is 0 Å². The van der Waals surface area contributed by atoms with E-state index in [4.69, 9.17) is 0 Å². The highest BCUT2D eigenvalue weighted by Gasteiger charge is 2.72. The van der Waals surface area contributed by atoms with E-state index in [-0.39, 0.29) is 17.3 Å². The van der Waals surface area contributed by atoms with Gasteiger partial charge in [0.1, 0.15) is 0 Å². The molecule has 1 aliphatic rings. The Morgan fingerprint density at radius 1 is 1.11 bits per heavy atom. The van der Waals surface area contributed by atoms with E-state index >= 15 is 0 Å². The minimum absolute atomic E-state index is 0.183. The van der Waals surface area contributed by atoms with Gasteiger partial charge in [0.05, 0.1) is 0 Å². The quantitative estimate of drug-likeness (QED) is 0.509. The summed E-state index contributed by atoms with van der Waals surface area (Å²) >= 11 is 0. The van der Waals surface area contributed by atoms with Crippen molar-refractivity contribution < 1.29 is 8.78 Å². The standard InChI is InChI=1S/C16H30F2/c1-6-8-10-13-14(16(13,17)18)15(5,12(3)4)11-9-7-2/h12-14H,6-11H2,1-5H3. The van der Waals surface area contributed by atoms with Crippen LogP contribution in [0, 0.1) is 23.2 Å². The fourth-order valence-electron chi connectivity index (χ4n) is 3.43. The lowest BCUT2D eigenvalue weighted by Crippen LogP contribution is -2.29. The van der Waals surface area contributed by atoms with Crippen LogP contribution in [0.25, 0.3) is 0 Å². The smallest absolute Gasteiger partial charge is 0.206 e. The predicted octanol–water partition coefficient (Wildman–Crippen LogP) is 5.91. The minimum Gasteiger partial charge on any atom is -0.206 e. The maximum atomic E-state index is 14.1. The molecule has 0 amide bonds. The third kappa shape index (κ3) is 2.88. The number of hydrogen-bond acceptors (Lipinski definition) is 0. The largest absolute Gasteiger partial charge is 0.255 e. The first-order valence-corrected chi connectivity index (χ1v) is 7.70. The molecule has 0 aromatic heterocycles. The molecule has 1 rings (SSSR count). The molecule has 0 spiro atoms. The van der Waals surface area contributed by atoms with Gasteiger partial charge in [-0.15, -0.1) is 0 Å². The number of halogens is 2. The van der Waals surface area contributed by atoms with Crippen LogP contribution in [-0.4, -0.2) is 5.92 Å². The molecule has 18 heavy (non-hydrogen) atoms. The van der Waals surface area contributed by atoms with Gasteiger partial charge in [0, 0.05) is 11.8 Å². The van der Waals surface area contributed by atoms with Crippen LogP contribution in [0.3, 0.4) is 0 Å². The van der Waals surface area contributed by atoms with Crippen molar-refractivity contribution in [1.29, 1.82) is 0 Å². The maximum Gasteiger partial charge on any atom is 0.255 e. The number of rotatable bonds is 8. The van der Waals surface area contributed by atoms with Crippen LogP contribution in [-0.2, 0) is 0 Å². The van der Waals surface area contributed by atoms with Crippen molar-refractivity contribution in [3.63, 3.8) is 0 Å². The van der Waals surface area contributed by atoms with Crippen LogP contribution in [0.2, 0.25) is 0 Å². The number of hydrogen-bond donors (Lipinski definition) is 0. The van der Waals surface area contributed by atoms with E-state index in [0.29, 0.717) is 12.3 Å². The van der Waals surface area contributed by atoms with Crippen molar-refractivity contribution in [3.05, 3.63) is 0 Å². The molecule has 0 aromatic rings. The molecule has 0 aromatic carbocycles. The van der Waals surface area contributed by atoms with Crippen LogP contribution in [0.4, 0.5) is 8.78 Å². The molecule has 0 aliphatic heterocycles. The van der Waals surface area contributed by atoms with Crippen molar-refractivity contribution in [2.24, 2.45) is 23.2 Å². The molecule has 3 unspecified atom stereocenters. The lowest BCUT2D eigenvalue weighted by molar-refractivity contribution is 0.0331. The Kier molecular flexibility index (Phi) is 5.20. The van der Waals surface area contributed by atoms with Gasteiger partial charge in [0.2, 0.25) is 0 Å². The Balaban J connectivity index is 2.75. The fourth-order valence-corrected chi connectivity index (χ4v) is 3.43. The van der Waals surface area contributed by atoms with Gasteiger partial charge in [-0.05, 0) is 24.2 Å². The summed E-state index contributed by atoms with van der Waals surface area (Å²) in [5, 5.41) is 0. The van der Waals surface area contributed by atoms with Crippen LogP contribution in [0.1, 0.15) is 73.1 Å². The number of unbranched alkanes of at least 4 members (excludes halogenated alkanes) is 2. The molecule has 1 fully saturated rings. The first kappa shape index (κ1) is 15.9. The van der Waals surface area contributed by atoms with Gasteiger partial charge in [0.15, 0.2) is 0 Å². The van der Waals surface area contributed by atoms with Crippen LogP contribution in [0.5, 0.6) is 0 Å². The van der Waals surface area contributed by atoms with Crippen molar-refractivity contribution in [2.45, 2.75) is 79.1 Å². The van der Waals surface area contributed by atoms with Crippen LogP contribution < -0.4 is 0 Å². The SMILES string of the molecule is CCCCC1C(C(C)(CCCC)C(C)C)C1(F)F.